The quantitative estimate of drug-likeness (QED) is 0.193. The zero-order valence-corrected chi connectivity index (χ0v) is 29.3. The van der Waals surface area contributed by atoms with Crippen molar-refractivity contribution in [2.24, 2.45) is 35.5 Å². The molecule has 0 N–H and O–H groups in total. The summed E-state index contributed by atoms with van der Waals surface area (Å²) in [5.41, 5.74) is 0.748. The van der Waals surface area contributed by atoms with E-state index < -0.39 is 34.9 Å². The lowest BCUT2D eigenvalue weighted by atomic mass is 9.68. The molecule has 0 saturated heterocycles. The Kier molecular flexibility index (Phi) is 13.8. The first-order valence-corrected chi connectivity index (χ1v) is 19.5. The lowest BCUT2D eigenvalue weighted by Crippen LogP contribution is -2.25. The predicted molar refractivity (Wildman–Crippen MR) is 183 cm³/mol. The van der Waals surface area contributed by atoms with Gasteiger partial charge in [-0.3, -0.25) is 0 Å². The summed E-state index contributed by atoms with van der Waals surface area (Å²) in [5, 5.41) is 0. The minimum absolute atomic E-state index is 0.0489. The molecule has 0 radical (unpaired) electrons. The third-order valence-corrected chi connectivity index (χ3v) is 13.1. The fourth-order valence-electron chi connectivity index (χ4n) is 10.2. The van der Waals surface area contributed by atoms with Gasteiger partial charge in [0, 0.05) is 0 Å². The molecule has 4 fully saturated rings. The van der Waals surface area contributed by atoms with Gasteiger partial charge in [0.15, 0.2) is 34.9 Å². The van der Waals surface area contributed by atoms with Crippen LogP contribution in [0, 0.1) is 70.4 Å². The Morgan fingerprint density at radius 2 is 0.688 bits per heavy atom. The molecule has 0 atom stereocenters. The van der Waals surface area contributed by atoms with Crippen LogP contribution in [0.4, 0.5) is 26.3 Å². The maximum Gasteiger partial charge on any atom is 0.194 e. The Balaban J connectivity index is 0.000000188. The normalized spacial score (nSPS) is 31.2. The summed E-state index contributed by atoms with van der Waals surface area (Å²) in [6.45, 7) is 4.54. The summed E-state index contributed by atoms with van der Waals surface area (Å²) in [6, 6.07) is 5.01. The van der Waals surface area contributed by atoms with Crippen LogP contribution in [-0.4, -0.2) is 0 Å². The van der Waals surface area contributed by atoms with Gasteiger partial charge in [0.05, 0.1) is 0 Å². The summed E-state index contributed by atoms with van der Waals surface area (Å²) in [5.74, 6) is -1.65. The van der Waals surface area contributed by atoms with Crippen molar-refractivity contribution in [3.8, 4) is 0 Å². The second kappa shape index (κ2) is 17.8. The van der Waals surface area contributed by atoms with Crippen molar-refractivity contribution in [2.45, 2.75) is 154 Å². The molecule has 268 valence electrons. The Morgan fingerprint density at radius 3 is 0.979 bits per heavy atom. The molecule has 0 nitrogen and oxygen atoms in total. The van der Waals surface area contributed by atoms with Gasteiger partial charge in [0.1, 0.15) is 0 Å². The fourth-order valence-corrected chi connectivity index (χ4v) is 10.2. The molecule has 0 unspecified atom stereocenters. The molecular weight excluding hydrogens is 618 g/mol. The Labute approximate surface area is 285 Å². The first-order chi connectivity index (χ1) is 23.2. The van der Waals surface area contributed by atoms with Crippen LogP contribution < -0.4 is 0 Å². The molecule has 48 heavy (non-hydrogen) atoms. The van der Waals surface area contributed by atoms with Gasteiger partial charge >= 0.3 is 0 Å². The van der Waals surface area contributed by atoms with Crippen LogP contribution in [0.15, 0.2) is 24.3 Å². The van der Waals surface area contributed by atoms with Crippen molar-refractivity contribution in [3.05, 3.63) is 70.3 Å². The number of halogens is 6. The second-order valence-electron chi connectivity index (χ2n) is 15.9. The highest BCUT2D eigenvalue weighted by atomic mass is 19.2. The van der Waals surface area contributed by atoms with Crippen molar-refractivity contribution in [1.82, 2.24) is 0 Å². The third-order valence-electron chi connectivity index (χ3n) is 13.1. The van der Waals surface area contributed by atoms with E-state index in [1.807, 2.05) is 0 Å². The van der Waals surface area contributed by atoms with Crippen LogP contribution in [0.5, 0.6) is 0 Å². The summed E-state index contributed by atoms with van der Waals surface area (Å²) in [4.78, 5) is 0. The number of hydrogen-bond donors (Lipinski definition) is 0. The summed E-state index contributed by atoms with van der Waals surface area (Å²) in [7, 11) is 0. The van der Waals surface area contributed by atoms with Gasteiger partial charge in [-0.2, -0.15) is 0 Å². The average molecular weight is 677 g/mol. The molecule has 2 aromatic carbocycles. The maximum atomic E-state index is 14.0. The van der Waals surface area contributed by atoms with Gasteiger partial charge in [0.2, 0.25) is 0 Å². The molecule has 0 heterocycles. The van der Waals surface area contributed by atoms with Crippen molar-refractivity contribution in [3.63, 3.8) is 0 Å². The van der Waals surface area contributed by atoms with E-state index in [9.17, 15) is 26.3 Å². The van der Waals surface area contributed by atoms with E-state index in [0.717, 1.165) is 99.0 Å². The van der Waals surface area contributed by atoms with Crippen LogP contribution in [0.1, 0.15) is 165 Å². The first-order valence-electron chi connectivity index (χ1n) is 19.5. The highest BCUT2D eigenvalue weighted by molar-refractivity contribution is 5.25. The largest absolute Gasteiger partial charge is 0.204 e. The first kappa shape index (κ1) is 37.3. The molecule has 4 saturated carbocycles. The lowest BCUT2D eigenvalue weighted by Gasteiger charge is -2.38. The molecule has 0 spiro atoms. The molecule has 4 aliphatic rings. The van der Waals surface area contributed by atoms with Crippen LogP contribution in [0.25, 0.3) is 0 Å². The van der Waals surface area contributed by atoms with E-state index in [1.165, 1.54) is 89.2 Å². The fraction of sp³-hybridized carbons (Fsp3) is 0.714. The maximum absolute atomic E-state index is 14.0. The van der Waals surface area contributed by atoms with Crippen molar-refractivity contribution >= 4 is 0 Å². The Hall–Kier alpha value is -1.98. The van der Waals surface area contributed by atoms with Gasteiger partial charge in [-0.15, -0.1) is 0 Å². The van der Waals surface area contributed by atoms with Gasteiger partial charge in [0.25, 0.3) is 0 Å². The summed E-state index contributed by atoms with van der Waals surface area (Å²) in [6.07, 6.45) is 24.2. The lowest BCUT2D eigenvalue weighted by molar-refractivity contribution is 0.156. The SMILES string of the molecule is CCCC1CCC(C2CCC(c3ccc(F)c(F)c3F)CC2)CC1.CCCC1CCC(C2CCC(c3ccc(F)c(F)c3F)CC2)CC1. The molecule has 0 aliphatic heterocycles. The molecule has 0 amide bonds. The van der Waals surface area contributed by atoms with Gasteiger partial charge in [-0.05, 0) is 148 Å². The van der Waals surface area contributed by atoms with Crippen LogP contribution in [0.2, 0.25) is 0 Å². The molecule has 6 heteroatoms. The zero-order valence-electron chi connectivity index (χ0n) is 29.3. The van der Waals surface area contributed by atoms with E-state index in [2.05, 4.69) is 13.8 Å². The monoisotopic (exact) mass is 676 g/mol. The summed E-state index contributed by atoms with van der Waals surface area (Å²) < 4.78 is 81.1. The van der Waals surface area contributed by atoms with Crippen molar-refractivity contribution in [1.29, 1.82) is 0 Å². The molecule has 0 bridgehead atoms. The van der Waals surface area contributed by atoms with E-state index in [1.54, 1.807) is 0 Å². The smallest absolute Gasteiger partial charge is 0.194 e. The van der Waals surface area contributed by atoms with Crippen LogP contribution in [-0.2, 0) is 0 Å². The zero-order chi connectivity index (χ0) is 34.2. The number of hydrogen-bond acceptors (Lipinski definition) is 0. The van der Waals surface area contributed by atoms with Crippen molar-refractivity contribution in [2.75, 3.05) is 0 Å². The number of rotatable bonds is 8. The Morgan fingerprint density at radius 1 is 0.396 bits per heavy atom. The third kappa shape index (κ3) is 9.22. The van der Waals surface area contributed by atoms with E-state index in [4.69, 9.17) is 0 Å². The van der Waals surface area contributed by atoms with E-state index in [-0.39, 0.29) is 11.8 Å². The predicted octanol–water partition coefficient (Wildman–Crippen LogP) is 14.0. The molecule has 2 aromatic rings. The van der Waals surface area contributed by atoms with Crippen LogP contribution in [0.3, 0.4) is 0 Å². The average Bonchev–Trinajstić information content (AvgIpc) is 3.11. The number of benzene rings is 2. The van der Waals surface area contributed by atoms with Gasteiger partial charge < -0.3 is 0 Å². The topological polar surface area (TPSA) is 0 Å². The minimum atomic E-state index is -1.32. The van der Waals surface area contributed by atoms with E-state index in [0.29, 0.717) is 11.1 Å². The van der Waals surface area contributed by atoms with Gasteiger partial charge in [-0.25, -0.2) is 26.3 Å². The molecule has 4 aliphatic carbocycles. The minimum Gasteiger partial charge on any atom is -0.204 e. The highest BCUT2D eigenvalue weighted by Crippen LogP contribution is 2.46. The van der Waals surface area contributed by atoms with Crippen molar-refractivity contribution < 1.29 is 26.3 Å². The Bertz CT molecular complexity index is 1180. The second-order valence-corrected chi connectivity index (χ2v) is 15.9. The molecular formula is C42H58F6. The summed E-state index contributed by atoms with van der Waals surface area (Å²) >= 11 is 0. The van der Waals surface area contributed by atoms with Gasteiger partial charge in [-0.1, -0.05) is 77.3 Å². The highest BCUT2D eigenvalue weighted by Gasteiger charge is 2.34. The standard InChI is InChI=1S/2C21H29F3/c2*1-2-3-14-4-6-15(7-5-14)16-8-10-17(11-9-16)18-12-13-19(22)21(24)20(18)23/h2*12-17H,2-11H2,1H3. The molecule has 0 aromatic heterocycles. The molecule has 6 rings (SSSR count). The van der Waals surface area contributed by atoms with E-state index >= 15 is 0 Å². The van der Waals surface area contributed by atoms with Crippen LogP contribution >= 0.6 is 0 Å².